The van der Waals surface area contributed by atoms with Gasteiger partial charge >= 0.3 is 0 Å². The van der Waals surface area contributed by atoms with Crippen molar-refractivity contribution in [2.45, 2.75) is 47.0 Å². The largest absolute Gasteiger partial charge is 0.508 e. The van der Waals surface area contributed by atoms with Crippen molar-refractivity contribution in [3.8, 4) is 11.5 Å². The SMILES string of the molecule is CC(C)=CCCC1=C(C)Cc2c(O)cc(C)cc2O1. The van der Waals surface area contributed by atoms with Crippen molar-refractivity contribution < 1.29 is 9.84 Å². The molecule has 0 saturated carbocycles. The van der Waals surface area contributed by atoms with Gasteiger partial charge in [0.2, 0.25) is 0 Å². The number of fused-ring (bicyclic) bond motifs is 1. The zero-order valence-corrected chi connectivity index (χ0v) is 12.2. The van der Waals surface area contributed by atoms with Crippen LogP contribution in [0.3, 0.4) is 0 Å². The number of phenolic OH excluding ortho intramolecular Hbond substituents is 1. The van der Waals surface area contributed by atoms with Crippen LogP contribution in [0.1, 0.15) is 44.7 Å². The molecule has 1 aliphatic heterocycles. The second kappa shape index (κ2) is 5.52. The molecule has 1 aromatic carbocycles. The third kappa shape index (κ3) is 3.19. The minimum Gasteiger partial charge on any atom is -0.508 e. The topological polar surface area (TPSA) is 29.5 Å². The summed E-state index contributed by atoms with van der Waals surface area (Å²) in [6.07, 6.45) is 4.94. The van der Waals surface area contributed by atoms with Crippen LogP contribution in [0.15, 0.2) is 35.1 Å². The summed E-state index contributed by atoms with van der Waals surface area (Å²) in [7, 11) is 0. The molecular weight excluding hydrogens is 236 g/mol. The molecule has 0 saturated heterocycles. The van der Waals surface area contributed by atoms with Gasteiger partial charge in [-0.25, -0.2) is 0 Å². The predicted molar refractivity (Wildman–Crippen MR) is 78.5 cm³/mol. The fourth-order valence-corrected chi connectivity index (χ4v) is 2.37. The van der Waals surface area contributed by atoms with Crippen molar-refractivity contribution in [2.24, 2.45) is 0 Å². The van der Waals surface area contributed by atoms with E-state index < -0.39 is 0 Å². The first-order valence-corrected chi connectivity index (χ1v) is 6.79. The zero-order chi connectivity index (χ0) is 14.0. The zero-order valence-electron chi connectivity index (χ0n) is 12.2. The third-order valence-electron chi connectivity index (χ3n) is 3.40. The van der Waals surface area contributed by atoms with Crippen molar-refractivity contribution in [2.75, 3.05) is 0 Å². The first-order valence-electron chi connectivity index (χ1n) is 6.79. The number of allylic oxidation sites excluding steroid dienone is 4. The van der Waals surface area contributed by atoms with Gasteiger partial charge in [-0.05, 0) is 57.4 Å². The number of rotatable bonds is 3. The number of hydrogen-bond donors (Lipinski definition) is 1. The van der Waals surface area contributed by atoms with Crippen molar-refractivity contribution >= 4 is 0 Å². The van der Waals surface area contributed by atoms with Gasteiger partial charge in [0.15, 0.2) is 0 Å². The molecule has 0 spiro atoms. The fraction of sp³-hybridized carbons (Fsp3) is 0.412. The van der Waals surface area contributed by atoms with Crippen LogP contribution in [-0.2, 0) is 6.42 Å². The molecule has 2 heteroatoms. The molecule has 0 aliphatic carbocycles. The maximum absolute atomic E-state index is 9.98. The fourth-order valence-electron chi connectivity index (χ4n) is 2.37. The van der Waals surface area contributed by atoms with E-state index in [-0.39, 0.29) is 0 Å². The van der Waals surface area contributed by atoms with Gasteiger partial charge < -0.3 is 9.84 Å². The van der Waals surface area contributed by atoms with Gasteiger partial charge in [-0.1, -0.05) is 11.6 Å². The molecule has 0 unspecified atom stereocenters. The summed E-state index contributed by atoms with van der Waals surface area (Å²) < 4.78 is 5.98. The molecule has 2 rings (SSSR count). The van der Waals surface area contributed by atoms with Crippen LogP contribution >= 0.6 is 0 Å². The minimum atomic E-state index is 0.345. The Kier molecular flexibility index (Phi) is 3.98. The molecule has 1 N–H and O–H groups in total. The summed E-state index contributed by atoms with van der Waals surface area (Å²) in [5.74, 6) is 2.21. The summed E-state index contributed by atoms with van der Waals surface area (Å²) >= 11 is 0. The predicted octanol–water partition coefficient (Wildman–Crippen LogP) is 4.66. The van der Waals surface area contributed by atoms with Crippen molar-refractivity contribution in [1.29, 1.82) is 0 Å². The molecule has 0 amide bonds. The molecule has 1 heterocycles. The number of benzene rings is 1. The van der Waals surface area contributed by atoms with Gasteiger partial charge in [0, 0.05) is 18.4 Å². The average Bonchev–Trinajstić information content (AvgIpc) is 2.30. The van der Waals surface area contributed by atoms with Crippen LogP contribution in [0.2, 0.25) is 0 Å². The van der Waals surface area contributed by atoms with Gasteiger partial charge in [-0.2, -0.15) is 0 Å². The van der Waals surface area contributed by atoms with Crippen LogP contribution in [0.5, 0.6) is 11.5 Å². The lowest BCUT2D eigenvalue weighted by Gasteiger charge is -2.23. The Morgan fingerprint density at radius 3 is 2.74 bits per heavy atom. The Labute approximate surface area is 115 Å². The molecule has 0 radical (unpaired) electrons. The van der Waals surface area contributed by atoms with Gasteiger partial charge in [0.1, 0.15) is 17.3 Å². The van der Waals surface area contributed by atoms with Crippen molar-refractivity contribution in [1.82, 2.24) is 0 Å². The standard InChI is InChI=1S/C17H22O2/c1-11(2)6-5-7-16-13(4)10-14-15(18)8-12(3)9-17(14)19-16/h6,8-9,18H,5,7,10H2,1-4H3. The van der Waals surface area contributed by atoms with E-state index in [2.05, 4.69) is 26.8 Å². The van der Waals surface area contributed by atoms with E-state index in [1.54, 1.807) is 6.07 Å². The number of ether oxygens (including phenoxy) is 1. The van der Waals surface area contributed by atoms with E-state index in [0.29, 0.717) is 5.75 Å². The van der Waals surface area contributed by atoms with Gasteiger partial charge in [-0.15, -0.1) is 0 Å². The Balaban J connectivity index is 2.19. The van der Waals surface area contributed by atoms with E-state index in [0.717, 1.165) is 41.9 Å². The Bertz CT molecular complexity index is 547. The van der Waals surface area contributed by atoms with E-state index in [1.807, 2.05) is 13.0 Å². The quantitative estimate of drug-likeness (QED) is 0.799. The van der Waals surface area contributed by atoms with Crippen molar-refractivity contribution in [3.63, 3.8) is 0 Å². The molecule has 0 atom stereocenters. The first kappa shape index (κ1) is 13.7. The van der Waals surface area contributed by atoms with E-state index in [1.165, 1.54) is 11.1 Å². The first-order chi connectivity index (χ1) is 8.97. The van der Waals surface area contributed by atoms with Crippen LogP contribution in [0.25, 0.3) is 0 Å². The smallest absolute Gasteiger partial charge is 0.134 e. The highest BCUT2D eigenvalue weighted by molar-refractivity contribution is 5.51. The molecule has 0 fully saturated rings. The molecular formula is C17H22O2. The van der Waals surface area contributed by atoms with E-state index >= 15 is 0 Å². The highest BCUT2D eigenvalue weighted by atomic mass is 16.5. The summed E-state index contributed by atoms with van der Waals surface area (Å²) in [6, 6.07) is 3.80. The lowest BCUT2D eigenvalue weighted by atomic mass is 9.97. The van der Waals surface area contributed by atoms with E-state index in [4.69, 9.17) is 4.74 Å². The highest BCUT2D eigenvalue weighted by Gasteiger charge is 2.20. The summed E-state index contributed by atoms with van der Waals surface area (Å²) in [4.78, 5) is 0. The molecule has 19 heavy (non-hydrogen) atoms. The Morgan fingerprint density at radius 2 is 2.05 bits per heavy atom. The average molecular weight is 258 g/mol. The van der Waals surface area contributed by atoms with Crippen LogP contribution in [-0.4, -0.2) is 5.11 Å². The summed E-state index contributed by atoms with van der Waals surface area (Å²) in [5, 5.41) is 9.98. The van der Waals surface area contributed by atoms with Gasteiger partial charge in [0.25, 0.3) is 0 Å². The molecule has 1 aliphatic rings. The lowest BCUT2D eigenvalue weighted by Crippen LogP contribution is -2.09. The number of phenols is 1. The number of hydrogen-bond acceptors (Lipinski definition) is 2. The van der Waals surface area contributed by atoms with E-state index in [9.17, 15) is 5.11 Å². The van der Waals surface area contributed by atoms with Gasteiger partial charge in [0.05, 0.1) is 0 Å². The second-order valence-corrected chi connectivity index (χ2v) is 5.56. The Hall–Kier alpha value is -1.70. The second-order valence-electron chi connectivity index (χ2n) is 5.56. The van der Waals surface area contributed by atoms with Crippen molar-refractivity contribution in [3.05, 3.63) is 46.2 Å². The highest BCUT2D eigenvalue weighted by Crippen LogP contribution is 2.37. The molecule has 2 nitrogen and oxygen atoms in total. The Morgan fingerprint density at radius 1 is 1.32 bits per heavy atom. The summed E-state index contributed by atoms with van der Waals surface area (Å²) in [6.45, 7) is 8.27. The van der Waals surface area contributed by atoms with Crippen LogP contribution in [0, 0.1) is 6.92 Å². The van der Waals surface area contributed by atoms with Crippen LogP contribution in [0.4, 0.5) is 0 Å². The maximum Gasteiger partial charge on any atom is 0.134 e. The monoisotopic (exact) mass is 258 g/mol. The summed E-state index contributed by atoms with van der Waals surface area (Å²) in [5.41, 5.74) is 4.49. The molecule has 0 bridgehead atoms. The molecule has 102 valence electrons. The van der Waals surface area contributed by atoms with Gasteiger partial charge in [-0.3, -0.25) is 0 Å². The third-order valence-corrected chi connectivity index (χ3v) is 3.40. The number of aromatic hydroxyl groups is 1. The number of aryl methyl sites for hydroxylation is 1. The maximum atomic E-state index is 9.98. The lowest BCUT2D eigenvalue weighted by molar-refractivity contribution is 0.372. The molecule has 0 aromatic heterocycles. The molecule has 1 aromatic rings. The van der Waals surface area contributed by atoms with Crippen LogP contribution < -0.4 is 4.74 Å². The normalized spacial score (nSPS) is 13.9. The minimum absolute atomic E-state index is 0.345.